The summed E-state index contributed by atoms with van der Waals surface area (Å²) in [7, 11) is 1.66. The molecule has 5 heteroatoms. The second kappa shape index (κ2) is 10.1. The Bertz CT molecular complexity index is 979. The molecule has 2 N–H and O–H groups in total. The normalized spacial score (nSPS) is 17.2. The average molecular weight is 416 g/mol. The zero-order chi connectivity index (χ0) is 21.5. The standard InChI is InChI=1S/C26H29N3O2/c1-19(25-9-6-18-27-25)31-24-16-12-22(13-17-24)29-26(20-7-4-3-5-8-20)28-21-10-14-23(30-2)15-11-21/h3-5,7-8,10-17,19,25,27H,6,9,18H2,1-2H3,(H,28,29). The summed E-state index contributed by atoms with van der Waals surface area (Å²) in [4.78, 5) is 4.87. The van der Waals surface area contributed by atoms with Crippen molar-refractivity contribution in [2.45, 2.75) is 31.9 Å². The zero-order valence-electron chi connectivity index (χ0n) is 18.0. The zero-order valence-corrected chi connectivity index (χ0v) is 18.0. The lowest BCUT2D eigenvalue weighted by atomic mass is 10.1. The molecule has 1 fully saturated rings. The molecule has 1 aliphatic rings. The highest BCUT2D eigenvalue weighted by Crippen LogP contribution is 2.23. The number of hydrogen-bond acceptors (Lipinski definition) is 4. The minimum Gasteiger partial charge on any atom is -0.497 e. The Hall–Kier alpha value is -3.31. The number of methoxy groups -OCH3 is 1. The fraction of sp³-hybridized carbons (Fsp3) is 0.269. The van der Waals surface area contributed by atoms with Gasteiger partial charge < -0.3 is 20.1 Å². The largest absolute Gasteiger partial charge is 0.497 e. The van der Waals surface area contributed by atoms with Crippen LogP contribution in [0.2, 0.25) is 0 Å². The highest BCUT2D eigenvalue weighted by molar-refractivity contribution is 6.09. The van der Waals surface area contributed by atoms with Gasteiger partial charge in [0.1, 0.15) is 23.4 Å². The summed E-state index contributed by atoms with van der Waals surface area (Å²) in [6.07, 6.45) is 2.53. The van der Waals surface area contributed by atoms with Crippen LogP contribution in [0.5, 0.6) is 11.5 Å². The van der Waals surface area contributed by atoms with Crippen LogP contribution in [0.4, 0.5) is 11.4 Å². The van der Waals surface area contributed by atoms with Gasteiger partial charge >= 0.3 is 0 Å². The summed E-state index contributed by atoms with van der Waals surface area (Å²) >= 11 is 0. The Kier molecular flexibility index (Phi) is 6.85. The van der Waals surface area contributed by atoms with Gasteiger partial charge in [0.2, 0.25) is 0 Å². The summed E-state index contributed by atoms with van der Waals surface area (Å²) < 4.78 is 11.4. The topological polar surface area (TPSA) is 54.9 Å². The SMILES string of the molecule is COc1ccc(NC(=Nc2ccc(OC(C)C3CCCN3)cc2)c2ccccc2)cc1. The van der Waals surface area contributed by atoms with Gasteiger partial charge in [-0.05, 0) is 74.8 Å². The second-order valence-corrected chi connectivity index (χ2v) is 7.70. The van der Waals surface area contributed by atoms with Gasteiger partial charge in [-0.2, -0.15) is 0 Å². The number of rotatable bonds is 7. The van der Waals surface area contributed by atoms with Crippen molar-refractivity contribution in [3.8, 4) is 11.5 Å². The second-order valence-electron chi connectivity index (χ2n) is 7.70. The minimum absolute atomic E-state index is 0.147. The molecule has 3 aromatic rings. The fourth-order valence-electron chi connectivity index (χ4n) is 3.71. The van der Waals surface area contributed by atoms with E-state index in [9.17, 15) is 0 Å². The van der Waals surface area contributed by atoms with Crippen LogP contribution >= 0.6 is 0 Å². The van der Waals surface area contributed by atoms with Gasteiger partial charge in [-0.25, -0.2) is 4.99 Å². The predicted octanol–water partition coefficient (Wildman–Crippen LogP) is 5.40. The minimum atomic E-state index is 0.147. The van der Waals surface area contributed by atoms with Gasteiger partial charge in [-0.3, -0.25) is 0 Å². The summed E-state index contributed by atoms with van der Waals surface area (Å²) in [5.74, 6) is 2.47. The molecule has 1 heterocycles. The molecular weight excluding hydrogens is 386 g/mol. The maximum absolute atomic E-state index is 6.12. The molecule has 4 rings (SSSR count). The Labute approximate surface area is 184 Å². The quantitative estimate of drug-likeness (QED) is 0.400. The van der Waals surface area contributed by atoms with Crippen LogP contribution in [0.3, 0.4) is 0 Å². The molecule has 0 radical (unpaired) electrons. The Morgan fingerprint density at radius 2 is 1.68 bits per heavy atom. The van der Waals surface area contributed by atoms with E-state index in [-0.39, 0.29) is 6.10 Å². The van der Waals surface area contributed by atoms with Crippen LogP contribution < -0.4 is 20.1 Å². The summed E-state index contributed by atoms with van der Waals surface area (Å²) in [6.45, 7) is 3.21. The summed E-state index contributed by atoms with van der Waals surface area (Å²) in [6, 6.07) is 26.3. The third-order valence-electron chi connectivity index (χ3n) is 5.46. The first kappa shape index (κ1) is 20.9. The summed E-state index contributed by atoms with van der Waals surface area (Å²) in [5.41, 5.74) is 2.82. The first-order chi connectivity index (χ1) is 15.2. The molecule has 2 unspecified atom stereocenters. The molecule has 1 aliphatic heterocycles. The lowest BCUT2D eigenvalue weighted by molar-refractivity contribution is 0.180. The van der Waals surface area contributed by atoms with Gasteiger partial charge in [0.25, 0.3) is 0 Å². The average Bonchev–Trinajstić information content (AvgIpc) is 3.36. The van der Waals surface area contributed by atoms with Crippen molar-refractivity contribution in [2.24, 2.45) is 4.99 Å². The molecule has 0 amide bonds. The maximum atomic E-state index is 6.12. The lowest BCUT2D eigenvalue weighted by Gasteiger charge is -2.21. The Morgan fingerprint density at radius 3 is 2.32 bits per heavy atom. The van der Waals surface area contributed by atoms with E-state index < -0.39 is 0 Å². The monoisotopic (exact) mass is 415 g/mol. The first-order valence-corrected chi connectivity index (χ1v) is 10.8. The van der Waals surface area contributed by atoms with Crippen molar-refractivity contribution in [1.29, 1.82) is 0 Å². The molecule has 0 bridgehead atoms. The number of amidine groups is 1. The van der Waals surface area contributed by atoms with Crippen molar-refractivity contribution in [3.05, 3.63) is 84.4 Å². The van der Waals surface area contributed by atoms with Crippen molar-refractivity contribution in [2.75, 3.05) is 19.0 Å². The van der Waals surface area contributed by atoms with E-state index in [1.54, 1.807) is 7.11 Å². The lowest BCUT2D eigenvalue weighted by Crippen LogP contribution is -2.36. The number of benzene rings is 3. The van der Waals surface area contributed by atoms with Crippen molar-refractivity contribution in [3.63, 3.8) is 0 Å². The van der Waals surface area contributed by atoms with E-state index in [0.29, 0.717) is 6.04 Å². The highest BCUT2D eigenvalue weighted by atomic mass is 16.5. The van der Waals surface area contributed by atoms with Gasteiger partial charge in [0, 0.05) is 17.3 Å². The molecule has 160 valence electrons. The number of aliphatic imine (C=N–C) groups is 1. The number of hydrogen-bond donors (Lipinski definition) is 2. The summed E-state index contributed by atoms with van der Waals surface area (Å²) in [5, 5.41) is 6.93. The maximum Gasteiger partial charge on any atom is 0.138 e. The fourth-order valence-corrected chi connectivity index (χ4v) is 3.71. The molecule has 31 heavy (non-hydrogen) atoms. The molecular formula is C26H29N3O2. The molecule has 5 nitrogen and oxygen atoms in total. The third-order valence-corrected chi connectivity index (χ3v) is 5.46. The first-order valence-electron chi connectivity index (χ1n) is 10.8. The molecule has 0 aliphatic carbocycles. The van der Waals surface area contributed by atoms with E-state index in [1.165, 1.54) is 12.8 Å². The van der Waals surface area contributed by atoms with E-state index >= 15 is 0 Å². The van der Waals surface area contributed by atoms with E-state index in [1.807, 2.05) is 78.9 Å². The van der Waals surface area contributed by atoms with Gasteiger partial charge in [0.05, 0.1) is 12.8 Å². The van der Waals surface area contributed by atoms with Crippen LogP contribution in [-0.2, 0) is 0 Å². The van der Waals surface area contributed by atoms with Gasteiger partial charge in [-0.15, -0.1) is 0 Å². The molecule has 3 aromatic carbocycles. The van der Waals surface area contributed by atoms with E-state index in [2.05, 4.69) is 17.6 Å². The van der Waals surface area contributed by atoms with Crippen LogP contribution in [0.1, 0.15) is 25.3 Å². The molecule has 2 atom stereocenters. The van der Waals surface area contributed by atoms with Crippen molar-refractivity contribution in [1.82, 2.24) is 5.32 Å². The van der Waals surface area contributed by atoms with Crippen LogP contribution in [-0.4, -0.2) is 31.6 Å². The Morgan fingerprint density at radius 1 is 0.968 bits per heavy atom. The number of anilines is 1. The van der Waals surface area contributed by atoms with Crippen molar-refractivity contribution >= 4 is 17.2 Å². The van der Waals surface area contributed by atoms with Crippen LogP contribution in [0.25, 0.3) is 0 Å². The molecule has 1 saturated heterocycles. The van der Waals surface area contributed by atoms with E-state index in [4.69, 9.17) is 14.5 Å². The molecule has 0 aromatic heterocycles. The third kappa shape index (κ3) is 5.64. The number of ether oxygens (including phenoxy) is 2. The van der Waals surface area contributed by atoms with Crippen molar-refractivity contribution < 1.29 is 9.47 Å². The van der Waals surface area contributed by atoms with Crippen LogP contribution in [0, 0.1) is 0 Å². The smallest absolute Gasteiger partial charge is 0.138 e. The Balaban J connectivity index is 1.52. The van der Waals surface area contributed by atoms with Crippen LogP contribution in [0.15, 0.2) is 83.9 Å². The highest BCUT2D eigenvalue weighted by Gasteiger charge is 2.22. The predicted molar refractivity (Wildman–Crippen MR) is 127 cm³/mol. The van der Waals surface area contributed by atoms with Gasteiger partial charge in [0.15, 0.2) is 0 Å². The molecule has 0 spiro atoms. The van der Waals surface area contributed by atoms with Gasteiger partial charge in [-0.1, -0.05) is 30.3 Å². The number of nitrogens with zero attached hydrogens (tertiary/aromatic N) is 1. The van der Waals surface area contributed by atoms with E-state index in [0.717, 1.165) is 40.8 Å². The number of nitrogens with one attached hydrogen (secondary N) is 2. The molecule has 0 saturated carbocycles.